The molecule has 1 atom stereocenters. The van der Waals surface area contributed by atoms with Gasteiger partial charge in [0.05, 0.1) is 0 Å². The van der Waals surface area contributed by atoms with E-state index < -0.39 is 5.56 Å². The Balaban J connectivity index is 1.66. The molecule has 0 radical (unpaired) electrons. The van der Waals surface area contributed by atoms with E-state index in [2.05, 4.69) is 21.9 Å². The molecule has 1 fully saturated rings. The highest BCUT2D eigenvalue weighted by Gasteiger charge is 2.23. The largest absolute Gasteiger partial charge is 0.346 e. The van der Waals surface area contributed by atoms with E-state index in [4.69, 9.17) is 0 Å². The Kier molecular flexibility index (Phi) is 5.13. The second-order valence-corrected chi connectivity index (χ2v) is 8.33. The molecule has 1 aliphatic heterocycles. The SMILES string of the molecule is CC1CCCN(c2nn3c(C(=O)N(C)Cc4ccccc4)cc(=O)nc3s2)C1. The van der Waals surface area contributed by atoms with Gasteiger partial charge in [-0.2, -0.15) is 9.50 Å². The number of fused-ring (bicyclic) bond motifs is 1. The summed E-state index contributed by atoms with van der Waals surface area (Å²) in [5.74, 6) is 0.356. The summed E-state index contributed by atoms with van der Waals surface area (Å²) in [7, 11) is 1.73. The highest BCUT2D eigenvalue weighted by molar-refractivity contribution is 7.20. The molecule has 4 rings (SSSR count). The highest BCUT2D eigenvalue weighted by Crippen LogP contribution is 2.27. The molecule has 1 unspecified atom stereocenters. The van der Waals surface area contributed by atoms with Crippen molar-refractivity contribution in [2.45, 2.75) is 26.3 Å². The predicted molar refractivity (Wildman–Crippen MR) is 110 cm³/mol. The fraction of sp³-hybridized carbons (Fsp3) is 0.400. The molecule has 7 nitrogen and oxygen atoms in total. The minimum atomic E-state index is -0.418. The van der Waals surface area contributed by atoms with Crippen LogP contribution in [-0.4, -0.2) is 45.5 Å². The first-order chi connectivity index (χ1) is 13.5. The molecule has 1 aromatic carbocycles. The van der Waals surface area contributed by atoms with Crippen LogP contribution < -0.4 is 10.5 Å². The molecule has 0 N–H and O–H groups in total. The topological polar surface area (TPSA) is 70.8 Å². The van der Waals surface area contributed by atoms with Crippen LogP contribution in [0.2, 0.25) is 0 Å². The number of rotatable bonds is 4. The summed E-state index contributed by atoms with van der Waals surface area (Å²) in [5, 5.41) is 5.44. The summed E-state index contributed by atoms with van der Waals surface area (Å²) in [6.07, 6.45) is 2.33. The van der Waals surface area contributed by atoms with Crippen molar-refractivity contribution in [1.29, 1.82) is 0 Å². The maximum Gasteiger partial charge on any atom is 0.274 e. The summed E-state index contributed by atoms with van der Waals surface area (Å²) in [4.78, 5) is 33.5. The molecule has 0 bridgehead atoms. The van der Waals surface area contributed by atoms with Crippen LogP contribution in [0.1, 0.15) is 35.8 Å². The van der Waals surface area contributed by atoms with Crippen molar-refractivity contribution in [3.63, 3.8) is 0 Å². The average molecular weight is 398 g/mol. The van der Waals surface area contributed by atoms with Crippen molar-refractivity contribution in [3.8, 4) is 0 Å². The Labute approximate surface area is 167 Å². The maximum atomic E-state index is 13.0. The fourth-order valence-corrected chi connectivity index (χ4v) is 4.52. The van der Waals surface area contributed by atoms with Gasteiger partial charge >= 0.3 is 0 Å². The Bertz CT molecular complexity index is 1050. The second kappa shape index (κ2) is 7.71. The summed E-state index contributed by atoms with van der Waals surface area (Å²) < 4.78 is 1.52. The molecule has 8 heteroatoms. The van der Waals surface area contributed by atoms with E-state index in [-0.39, 0.29) is 11.6 Å². The number of hydrogen-bond donors (Lipinski definition) is 0. The number of nitrogens with zero attached hydrogens (tertiary/aromatic N) is 5. The van der Waals surface area contributed by atoms with E-state index in [1.165, 1.54) is 28.3 Å². The summed E-state index contributed by atoms with van der Waals surface area (Å²) in [6.45, 7) is 4.56. The number of anilines is 1. The maximum absolute atomic E-state index is 13.0. The predicted octanol–water partition coefficient (Wildman–Crippen LogP) is 2.66. The highest BCUT2D eigenvalue weighted by atomic mass is 32.1. The van der Waals surface area contributed by atoms with Crippen LogP contribution in [-0.2, 0) is 6.54 Å². The number of carbonyl (C=O) groups excluding carboxylic acids is 1. The van der Waals surface area contributed by atoms with Gasteiger partial charge in [-0.15, -0.1) is 5.10 Å². The molecule has 0 saturated carbocycles. The molecule has 1 amide bonds. The lowest BCUT2D eigenvalue weighted by molar-refractivity contribution is 0.0776. The van der Waals surface area contributed by atoms with Crippen LogP contribution in [0.25, 0.3) is 4.96 Å². The molecule has 2 aromatic heterocycles. The van der Waals surface area contributed by atoms with Crippen LogP contribution in [0.15, 0.2) is 41.2 Å². The van der Waals surface area contributed by atoms with Gasteiger partial charge in [0.2, 0.25) is 10.1 Å². The molecule has 0 aliphatic carbocycles. The molecule has 28 heavy (non-hydrogen) atoms. The van der Waals surface area contributed by atoms with E-state index in [1.54, 1.807) is 11.9 Å². The number of carbonyl (C=O) groups is 1. The van der Waals surface area contributed by atoms with E-state index in [1.807, 2.05) is 30.3 Å². The zero-order valence-electron chi connectivity index (χ0n) is 16.0. The smallest absolute Gasteiger partial charge is 0.274 e. The van der Waals surface area contributed by atoms with Gasteiger partial charge in [0.15, 0.2) is 0 Å². The quantitative estimate of drug-likeness (QED) is 0.677. The third-order valence-electron chi connectivity index (χ3n) is 5.00. The molecular weight excluding hydrogens is 374 g/mol. The number of aromatic nitrogens is 3. The molecular formula is C20H23N5O2S. The number of piperidine rings is 1. The van der Waals surface area contributed by atoms with Crippen molar-refractivity contribution in [2.24, 2.45) is 5.92 Å². The van der Waals surface area contributed by atoms with Crippen molar-refractivity contribution < 1.29 is 4.79 Å². The average Bonchev–Trinajstić information content (AvgIpc) is 3.11. The Morgan fingerprint density at radius 2 is 2.11 bits per heavy atom. The Hall–Kier alpha value is -2.74. The monoisotopic (exact) mass is 397 g/mol. The van der Waals surface area contributed by atoms with Crippen LogP contribution in [0, 0.1) is 5.92 Å². The number of amides is 1. The van der Waals surface area contributed by atoms with Gasteiger partial charge in [-0.1, -0.05) is 48.6 Å². The van der Waals surface area contributed by atoms with Gasteiger partial charge in [0.25, 0.3) is 11.5 Å². The number of benzene rings is 1. The summed E-state index contributed by atoms with van der Waals surface area (Å²) >= 11 is 1.36. The minimum Gasteiger partial charge on any atom is -0.346 e. The number of hydrogen-bond acceptors (Lipinski definition) is 6. The van der Waals surface area contributed by atoms with Gasteiger partial charge in [-0.05, 0) is 24.3 Å². The van der Waals surface area contributed by atoms with E-state index in [0.29, 0.717) is 17.4 Å². The van der Waals surface area contributed by atoms with Gasteiger partial charge in [0, 0.05) is 32.7 Å². The van der Waals surface area contributed by atoms with Gasteiger partial charge in [-0.3, -0.25) is 9.59 Å². The lowest BCUT2D eigenvalue weighted by atomic mass is 10.0. The molecule has 1 saturated heterocycles. The first kappa shape index (κ1) is 18.6. The van der Waals surface area contributed by atoms with Crippen molar-refractivity contribution in [2.75, 3.05) is 25.0 Å². The third kappa shape index (κ3) is 3.77. The Morgan fingerprint density at radius 1 is 1.32 bits per heavy atom. The zero-order chi connectivity index (χ0) is 19.7. The first-order valence-electron chi connectivity index (χ1n) is 9.46. The molecule has 3 heterocycles. The Morgan fingerprint density at radius 3 is 2.86 bits per heavy atom. The third-order valence-corrected chi connectivity index (χ3v) is 5.97. The van der Waals surface area contributed by atoms with Crippen LogP contribution in [0.3, 0.4) is 0 Å². The standard InChI is InChI=1S/C20H23N5O2S/c1-14-7-6-10-24(12-14)20-22-25-16(11-17(26)21-19(25)28-20)18(27)23(2)13-15-8-4-3-5-9-15/h3-5,8-9,11,14H,6-7,10,12-13H2,1-2H3. The van der Waals surface area contributed by atoms with Crippen molar-refractivity contribution in [3.05, 3.63) is 58.0 Å². The van der Waals surface area contributed by atoms with E-state index in [9.17, 15) is 9.59 Å². The van der Waals surface area contributed by atoms with Crippen LogP contribution >= 0.6 is 11.3 Å². The van der Waals surface area contributed by atoms with Crippen molar-refractivity contribution >= 4 is 27.3 Å². The molecule has 3 aromatic rings. The fourth-order valence-electron chi connectivity index (χ4n) is 3.57. The van der Waals surface area contributed by atoms with Gasteiger partial charge in [-0.25, -0.2) is 0 Å². The van der Waals surface area contributed by atoms with E-state index >= 15 is 0 Å². The zero-order valence-corrected chi connectivity index (χ0v) is 16.9. The van der Waals surface area contributed by atoms with Gasteiger partial charge in [0.1, 0.15) is 5.69 Å². The lowest BCUT2D eigenvalue weighted by Crippen LogP contribution is -2.34. The normalized spacial score (nSPS) is 17.1. The lowest BCUT2D eigenvalue weighted by Gasteiger charge is -2.30. The molecule has 146 valence electrons. The van der Waals surface area contributed by atoms with Crippen LogP contribution in [0.4, 0.5) is 5.13 Å². The summed E-state index contributed by atoms with van der Waals surface area (Å²) in [6, 6.07) is 11.0. The molecule has 0 spiro atoms. The first-order valence-corrected chi connectivity index (χ1v) is 10.3. The van der Waals surface area contributed by atoms with Crippen molar-refractivity contribution in [1.82, 2.24) is 19.5 Å². The molecule has 1 aliphatic rings. The van der Waals surface area contributed by atoms with Gasteiger partial charge < -0.3 is 9.80 Å². The second-order valence-electron chi connectivity index (χ2n) is 7.40. The minimum absolute atomic E-state index is 0.248. The van der Waals surface area contributed by atoms with Crippen LogP contribution in [0.5, 0.6) is 0 Å². The summed E-state index contributed by atoms with van der Waals surface area (Å²) in [5.41, 5.74) is 0.858. The van der Waals surface area contributed by atoms with E-state index in [0.717, 1.165) is 30.2 Å².